The predicted molar refractivity (Wildman–Crippen MR) is 82.6 cm³/mol. The van der Waals surface area contributed by atoms with Crippen molar-refractivity contribution in [1.82, 2.24) is 20.4 Å². The Labute approximate surface area is 130 Å². The van der Waals surface area contributed by atoms with E-state index in [4.69, 9.17) is 9.26 Å². The smallest absolute Gasteiger partial charge is 0.223 e. The van der Waals surface area contributed by atoms with Gasteiger partial charge in [-0.1, -0.05) is 17.3 Å². The number of benzene rings is 1. The third-order valence-electron chi connectivity index (χ3n) is 3.72. The third-order valence-corrected chi connectivity index (χ3v) is 3.72. The lowest BCUT2D eigenvalue weighted by atomic mass is 10.1. The second kappa shape index (κ2) is 6.89. The first-order valence-corrected chi connectivity index (χ1v) is 7.66. The molecule has 2 aromatic rings. The lowest BCUT2D eigenvalue weighted by Crippen LogP contribution is -2.48. The molecule has 1 atom stereocenters. The molecule has 1 aromatic heterocycles. The van der Waals surface area contributed by atoms with E-state index < -0.39 is 0 Å². The van der Waals surface area contributed by atoms with Gasteiger partial charge in [0.05, 0.1) is 0 Å². The highest BCUT2D eigenvalue weighted by atomic mass is 16.5. The van der Waals surface area contributed by atoms with Gasteiger partial charge in [-0.05, 0) is 24.6 Å². The number of piperazine rings is 1. The third kappa shape index (κ3) is 4.05. The summed E-state index contributed by atoms with van der Waals surface area (Å²) in [6.07, 6.45) is 0. The monoisotopic (exact) mass is 302 g/mol. The number of hydrogen-bond donors (Lipinski definition) is 1. The van der Waals surface area contributed by atoms with E-state index in [0.717, 1.165) is 31.9 Å². The summed E-state index contributed by atoms with van der Waals surface area (Å²) in [5, 5.41) is 7.27. The SMILES string of the molecule is Cc1nc(COc2ccc(CN3CCN[C@@H](C)C3)cc2)no1. The van der Waals surface area contributed by atoms with Crippen LogP contribution in [0.3, 0.4) is 0 Å². The van der Waals surface area contributed by atoms with Crippen LogP contribution in [0.5, 0.6) is 5.75 Å². The second-order valence-electron chi connectivity index (χ2n) is 5.75. The highest BCUT2D eigenvalue weighted by molar-refractivity contribution is 5.27. The van der Waals surface area contributed by atoms with Crippen LogP contribution in [0.15, 0.2) is 28.8 Å². The van der Waals surface area contributed by atoms with Crippen molar-refractivity contribution < 1.29 is 9.26 Å². The molecule has 1 fully saturated rings. The van der Waals surface area contributed by atoms with E-state index in [9.17, 15) is 0 Å². The summed E-state index contributed by atoms with van der Waals surface area (Å²) in [6, 6.07) is 8.78. The molecule has 1 aliphatic heterocycles. The maximum Gasteiger partial charge on any atom is 0.223 e. The minimum atomic E-state index is 0.325. The Kier molecular flexibility index (Phi) is 4.70. The molecule has 118 valence electrons. The first-order valence-electron chi connectivity index (χ1n) is 7.66. The van der Waals surface area contributed by atoms with Gasteiger partial charge in [0.2, 0.25) is 11.7 Å². The molecule has 3 rings (SSSR count). The van der Waals surface area contributed by atoms with Crippen molar-refractivity contribution >= 4 is 0 Å². The molecule has 6 heteroatoms. The standard InChI is InChI=1S/C16H22N4O2/c1-12-9-20(8-7-17-12)10-14-3-5-15(6-4-14)21-11-16-18-13(2)22-19-16/h3-6,12,17H,7-11H2,1-2H3/t12-/m0/s1. The Morgan fingerprint density at radius 2 is 2.18 bits per heavy atom. The van der Waals surface area contributed by atoms with Crippen molar-refractivity contribution in [2.24, 2.45) is 0 Å². The highest BCUT2D eigenvalue weighted by Crippen LogP contribution is 2.15. The summed E-state index contributed by atoms with van der Waals surface area (Å²) >= 11 is 0. The van der Waals surface area contributed by atoms with Gasteiger partial charge < -0.3 is 14.6 Å². The quantitative estimate of drug-likeness (QED) is 0.908. The molecule has 22 heavy (non-hydrogen) atoms. The number of ether oxygens (including phenoxy) is 1. The molecule has 1 saturated heterocycles. The van der Waals surface area contributed by atoms with Crippen LogP contribution < -0.4 is 10.1 Å². The molecule has 2 heterocycles. The minimum Gasteiger partial charge on any atom is -0.485 e. The van der Waals surface area contributed by atoms with Gasteiger partial charge in [0.15, 0.2) is 6.61 Å². The maximum absolute atomic E-state index is 5.66. The molecule has 0 unspecified atom stereocenters. The van der Waals surface area contributed by atoms with E-state index >= 15 is 0 Å². The lowest BCUT2D eigenvalue weighted by molar-refractivity contribution is 0.199. The number of hydrogen-bond acceptors (Lipinski definition) is 6. The summed E-state index contributed by atoms with van der Waals surface area (Å²) in [5.74, 6) is 1.94. The van der Waals surface area contributed by atoms with Gasteiger partial charge in [0.25, 0.3) is 0 Å². The van der Waals surface area contributed by atoms with Gasteiger partial charge in [-0.2, -0.15) is 4.98 Å². The number of aromatic nitrogens is 2. The predicted octanol–water partition coefficient (Wildman–Crippen LogP) is 1.75. The molecule has 1 N–H and O–H groups in total. The lowest BCUT2D eigenvalue weighted by Gasteiger charge is -2.31. The van der Waals surface area contributed by atoms with Gasteiger partial charge in [0.1, 0.15) is 5.75 Å². The first kappa shape index (κ1) is 15.0. The normalized spacial score (nSPS) is 19.3. The average molecular weight is 302 g/mol. The zero-order chi connectivity index (χ0) is 15.4. The molecule has 0 spiro atoms. The summed E-state index contributed by atoms with van der Waals surface area (Å²) in [6.45, 7) is 8.55. The van der Waals surface area contributed by atoms with Crippen molar-refractivity contribution in [3.63, 3.8) is 0 Å². The fourth-order valence-electron chi connectivity index (χ4n) is 2.65. The van der Waals surface area contributed by atoms with Crippen LogP contribution in [0.1, 0.15) is 24.2 Å². The summed E-state index contributed by atoms with van der Waals surface area (Å²) in [5.41, 5.74) is 1.30. The van der Waals surface area contributed by atoms with Crippen molar-refractivity contribution in [2.75, 3.05) is 19.6 Å². The van der Waals surface area contributed by atoms with Crippen molar-refractivity contribution in [1.29, 1.82) is 0 Å². The number of nitrogens with one attached hydrogen (secondary N) is 1. The average Bonchev–Trinajstić information content (AvgIpc) is 2.92. The zero-order valence-electron chi connectivity index (χ0n) is 13.1. The molecule has 0 radical (unpaired) electrons. The Bertz CT molecular complexity index is 596. The Balaban J connectivity index is 1.51. The van der Waals surface area contributed by atoms with Gasteiger partial charge in [-0.15, -0.1) is 0 Å². The van der Waals surface area contributed by atoms with Crippen molar-refractivity contribution in [3.05, 3.63) is 41.5 Å². The number of aryl methyl sites for hydroxylation is 1. The van der Waals surface area contributed by atoms with Crippen LogP contribution >= 0.6 is 0 Å². The summed E-state index contributed by atoms with van der Waals surface area (Å²) in [7, 11) is 0. The molecule has 0 saturated carbocycles. The van der Waals surface area contributed by atoms with Gasteiger partial charge in [-0.25, -0.2) is 0 Å². The van der Waals surface area contributed by atoms with E-state index in [2.05, 4.69) is 39.4 Å². The van der Waals surface area contributed by atoms with Crippen LogP contribution in [0.25, 0.3) is 0 Å². The highest BCUT2D eigenvalue weighted by Gasteiger charge is 2.15. The molecule has 0 aliphatic carbocycles. The molecule has 6 nitrogen and oxygen atoms in total. The van der Waals surface area contributed by atoms with E-state index in [1.807, 2.05) is 12.1 Å². The van der Waals surface area contributed by atoms with Crippen molar-refractivity contribution in [2.45, 2.75) is 33.0 Å². The Hall–Kier alpha value is -1.92. The Morgan fingerprint density at radius 1 is 1.36 bits per heavy atom. The zero-order valence-corrected chi connectivity index (χ0v) is 13.1. The van der Waals surface area contributed by atoms with Crippen LogP contribution in [0, 0.1) is 6.92 Å². The fourth-order valence-corrected chi connectivity index (χ4v) is 2.65. The fraction of sp³-hybridized carbons (Fsp3) is 0.500. The van der Waals surface area contributed by atoms with Gasteiger partial charge in [0, 0.05) is 39.1 Å². The molecular weight excluding hydrogens is 280 g/mol. The number of rotatable bonds is 5. The van der Waals surface area contributed by atoms with E-state index in [1.165, 1.54) is 5.56 Å². The summed E-state index contributed by atoms with van der Waals surface area (Å²) < 4.78 is 10.6. The molecule has 0 amide bonds. The van der Waals surface area contributed by atoms with Gasteiger partial charge in [-0.3, -0.25) is 4.90 Å². The summed E-state index contributed by atoms with van der Waals surface area (Å²) in [4.78, 5) is 6.58. The minimum absolute atomic E-state index is 0.325. The number of nitrogens with zero attached hydrogens (tertiary/aromatic N) is 3. The topological polar surface area (TPSA) is 63.4 Å². The van der Waals surface area contributed by atoms with Crippen LogP contribution in [0.4, 0.5) is 0 Å². The Morgan fingerprint density at radius 3 is 2.86 bits per heavy atom. The largest absolute Gasteiger partial charge is 0.485 e. The van der Waals surface area contributed by atoms with Crippen LogP contribution in [-0.2, 0) is 13.2 Å². The molecule has 0 bridgehead atoms. The van der Waals surface area contributed by atoms with Gasteiger partial charge >= 0.3 is 0 Å². The van der Waals surface area contributed by atoms with Crippen LogP contribution in [-0.4, -0.2) is 40.7 Å². The van der Waals surface area contributed by atoms with Crippen molar-refractivity contribution in [3.8, 4) is 5.75 Å². The van der Waals surface area contributed by atoms with Crippen LogP contribution in [0.2, 0.25) is 0 Å². The van der Waals surface area contributed by atoms with E-state index in [1.54, 1.807) is 6.92 Å². The maximum atomic E-state index is 5.66. The second-order valence-corrected chi connectivity index (χ2v) is 5.75. The van der Waals surface area contributed by atoms with E-state index in [0.29, 0.717) is 24.4 Å². The molecule has 1 aromatic carbocycles. The first-order chi connectivity index (χ1) is 10.7. The van der Waals surface area contributed by atoms with E-state index in [-0.39, 0.29) is 0 Å². The molecule has 1 aliphatic rings. The molecular formula is C16H22N4O2.